The lowest BCUT2D eigenvalue weighted by atomic mass is 9.80. The normalized spacial score (nSPS) is 23.6. The van der Waals surface area contributed by atoms with Crippen molar-refractivity contribution in [3.63, 3.8) is 0 Å². The predicted octanol–water partition coefficient (Wildman–Crippen LogP) is 3.87. The maximum absolute atomic E-state index is 6.52. The fourth-order valence-corrected chi connectivity index (χ4v) is 4.12. The van der Waals surface area contributed by atoms with Gasteiger partial charge in [0.25, 0.3) is 0 Å². The minimum absolute atomic E-state index is 0.520. The van der Waals surface area contributed by atoms with Crippen molar-refractivity contribution < 1.29 is 0 Å². The molecule has 1 N–H and O–H groups in total. The number of halogens is 1. The molecule has 1 aliphatic carbocycles. The summed E-state index contributed by atoms with van der Waals surface area (Å²) in [6.45, 7) is 4.50. The molecule has 0 unspecified atom stereocenters. The maximum atomic E-state index is 6.52. The number of hydrogen-bond donors (Lipinski definition) is 1. The molecule has 110 valence electrons. The van der Waals surface area contributed by atoms with Crippen LogP contribution in [0.1, 0.15) is 43.7 Å². The van der Waals surface area contributed by atoms with Crippen LogP contribution in [0, 0.1) is 5.92 Å². The largest absolute Gasteiger partial charge is 0.314 e. The minimum Gasteiger partial charge on any atom is -0.314 e. The molecule has 0 bridgehead atoms. The molecule has 2 fully saturated rings. The van der Waals surface area contributed by atoms with Crippen molar-refractivity contribution in [2.75, 3.05) is 26.2 Å². The molecule has 1 saturated carbocycles. The molecule has 1 atom stereocenters. The zero-order chi connectivity index (χ0) is 13.8. The van der Waals surface area contributed by atoms with Crippen molar-refractivity contribution in [1.29, 1.82) is 0 Å². The van der Waals surface area contributed by atoms with Crippen molar-refractivity contribution in [3.8, 4) is 0 Å². The average Bonchev–Trinajstić information content (AvgIpc) is 2.52. The summed E-state index contributed by atoms with van der Waals surface area (Å²) < 4.78 is 0. The maximum Gasteiger partial charge on any atom is 0.0453 e. The van der Waals surface area contributed by atoms with E-state index < -0.39 is 0 Å². The van der Waals surface area contributed by atoms with Gasteiger partial charge >= 0.3 is 0 Å². The van der Waals surface area contributed by atoms with Gasteiger partial charge < -0.3 is 5.32 Å². The number of nitrogens with zero attached hydrogens (tertiary/aromatic N) is 1. The van der Waals surface area contributed by atoms with E-state index in [1.165, 1.54) is 37.7 Å². The van der Waals surface area contributed by atoms with Gasteiger partial charge in [0.2, 0.25) is 0 Å². The number of piperazine rings is 1. The molecule has 3 heteroatoms. The van der Waals surface area contributed by atoms with E-state index >= 15 is 0 Å². The van der Waals surface area contributed by atoms with E-state index in [1.807, 2.05) is 6.07 Å². The van der Waals surface area contributed by atoms with Crippen LogP contribution in [-0.2, 0) is 0 Å². The Morgan fingerprint density at radius 2 is 1.75 bits per heavy atom. The fourth-order valence-electron chi connectivity index (χ4n) is 3.87. The molecular weight excluding hydrogens is 268 g/mol. The Hall–Kier alpha value is -0.570. The molecule has 20 heavy (non-hydrogen) atoms. The van der Waals surface area contributed by atoms with Gasteiger partial charge in [-0.15, -0.1) is 0 Å². The number of rotatable bonds is 3. The van der Waals surface area contributed by atoms with Crippen LogP contribution >= 0.6 is 11.6 Å². The van der Waals surface area contributed by atoms with Gasteiger partial charge in [-0.2, -0.15) is 0 Å². The average molecular weight is 293 g/mol. The highest BCUT2D eigenvalue weighted by Crippen LogP contribution is 2.40. The second-order valence-electron chi connectivity index (χ2n) is 6.15. The van der Waals surface area contributed by atoms with Gasteiger partial charge in [-0.25, -0.2) is 0 Å². The van der Waals surface area contributed by atoms with E-state index in [9.17, 15) is 0 Å². The number of benzene rings is 1. The van der Waals surface area contributed by atoms with Gasteiger partial charge in [-0.3, -0.25) is 4.90 Å². The van der Waals surface area contributed by atoms with Gasteiger partial charge in [0, 0.05) is 37.2 Å². The van der Waals surface area contributed by atoms with Gasteiger partial charge in [-0.05, 0) is 30.4 Å². The van der Waals surface area contributed by atoms with Crippen LogP contribution in [0.3, 0.4) is 0 Å². The molecule has 0 aromatic heterocycles. The van der Waals surface area contributed by atoms with Gasteiger partial charge in [0.1, 0.15) is 0 Å². The summed E-state index contributed by atoms with van der Waals surface area (Å²) in [5.74, 6) is 0.779. The Labute approximate surface area is 127 Å². The van der Waals surface area contributed by atoms with Crippen molar-refractivity contribution in [1.82, 2.24) is 10.2 Å². The van der Waals surface area contributed by atoms with E-state index in [0.717, 1.165) is 37.1 Å². The summed E-state index contributed by atoms with van der Waals surface area (Å²) in [7, 11) is 0. The number of nitrogens with one attached hydrogen (secondary N) is 1. The van der Waals surface area contributed by atoms with E-state index in [0.29, 0.717) is 6.04 Å². The first kappa shape index (κ1) is 14.4. The molecule has 0 radical (unpaired) electrons. The Bertz CT molecular complexity index is 405. The zero-order valence-electron chi connectivity index (χ0n) is 12.2. The molecule has 2 nitrogen and oxygen atoms in total. The van der Waals surface area contributed by atoms with Crippen molar-refractivity contribution in [2.45, 2.75) is 38.1 Å². The van der Waals surface area contributed by atoms with E-state index in [4.69, 9.17) is 11.6 Å². The second kappa shape index (κ2) is 6.93. The van der Waals surface area contributed by atoms with Crippen LogP contribution in [0.4, 0.5) is 0 Å². The molecular formula is C17H25ClN2. The lowest BCUT2D eigenvalue weighted by Crippen LogP contribution is -2.47. The van der Waals surface area contributed by atoms with Gasteiger partial charge in [-0.1, -0.05) is 49.1 Å². The Kier molecular flexibility index (Phi) is 4.98. The molecule has 0 amide bonds. The lowest BCUT2D eigenvalue weighted by Gasteiger charge is -2.41. The first-order valence-electron chi connectivity index (χ1n) is 8.05. The quantitative estimate of drug-likeness (QED) is 0.910. The third kappa shape index (κ3) is 3.19. The van der Waals surface area contributed by atoms with Crippen LogP contribution in [0.5, 0.6) is 0 Å². The highest BCUT2D eigenvalue weighted by molar-refractivity contribution is 6.31. The SMILES string of the molecule is Clc1ccccc1[C@H](C1CCCCC1)N1CCNCC1. The third-order valence-corrected chi connectivity index (χ3v) is 5.21. The molecule has 0 spiro atoms. The molecule has 1 heterocycles. The summed E-state index contributed by atoms with van der Waals surface area (Å²) in [5.41, 5.74) is 1.35. The van der Waals surface area contributed by atoms with Gasteiger partial charge in [0.05, 0.1) is 0 Å². The zero-order valence-corrected chi connectivity index (χ0v) is 12.9. The summed E-state index contributed by atoms with van der Waals surface area (Å²) in [6, 6.07) is 8.99. The molecule has 1 aliphatic heterocycles. The number of hydrogen-bond acceptors (Lipinski definition) is 2. The molecule has 2 aliphatic rings. The van der Waals surface area contributed by atoms with E-state index in [-0.39, 0.29) is 0 Å². The van der Waals surface area contributed by atoms with E-state index in [1.54, 1.807) is 0 Å². The molecule has 1 saturated heterocycles. The smallest absolute Gasteiger partial charge is 0.0453 e. The standard InChI is InChI=1S/C17H25ClN2/c18-16-9-5-4-8-15(16)17(14-6-2-1-3-7-14)20-12-10-19-11-13-20/h4-5,8-9,14,17,19H,1-3,6-7,10-13H2/t17-/m0/s1. The van der Waals surface area contributed by atoms with Crippen LogP contribution in [-0.4, -0.2) is 31.1 Å². The van der Waals surface area contributed by atoms with Gasteiger partial charge in [0.15, 0.2) is 0 Å². The summed E-state index contributed by atoms with van der Waals surface area (Å²) >= 11 is 6.52. The van der Waals surface area contributed by atoms with Crippen molar-refractivity contribution >= 4 is 11.6 Å². The molecule has 3 rings (SSSR count). The van der Waals surface area contributed by atoms with Crippen molar-refractivity contribution in [2.24, 2.45) is 5.92 Å². The summed E-state index contributed by atoms with van der Waals surface area (Å²) in [4.78, 5) is 2.66. The lowest BCUT2D eigenvalue weighted by molar-refractivity contribution is 0.103. The Morgan fingerprint density at radius 1 is 1.05 bits per heavy atom. The fraction of sp³-hybridized carbons (Fsp3) is 0.647. The van der Waals surface area contributed by atoms with E-state index in [2.05, 4.69) is 28.4 Å². The first-order valence-corrected chi connectivity index (χ1v) is 8.43. The van der Waals surface area contributed by atoms with Crippen LogP contribution in [0.25, 0.3) is 0 Å². The van der Waals surface area contributed by atoms with Crippen LogP contribution < -0.4 is 5.32 Å². The van der Waals surface area contributed by atoms with Crippen LogP contribution in [0.15, 0.2) is 24.3 Å². The first-order chi connectivity index (χ1) is 9.86. The second-order valence-corrected chi connectivity index (χ2v) is 6.56. The monoisotopic (exact) mass is 292 g/mol. The molecule has 1 aromatic carbocycles. The van der Waals surface area contributed by atoms with Crippen molar-refractivity contribution in [3.05, 3.63) is 34.9 Å². The van der Waals surface area contributed by atoms with Crippen LogP contribution in [0.2, 0.25) is 5.02 Å². The molecule has 1 aromatic rings. The highest BCUT2D eigenvalue weighted by atomic mass is 35.5. The Morgan fingerprint density at radius 3 is 2.45 bits per heavy atom. The summed E-state index contributed by atoms with van der Waals surface area (Å²) in [6.07, 6.45) is 6.91. The summed E-state index contributed by atoms with van der Waals surface area (Å²) in [5, 5.41) is 4.41. The topological polar surface area (TPSA) is 15.3 Å². The highest BCUT2D eigenvalue weighted by Gasteiger charge is 2.31. The predicted molar refractivity (Wildman–Crippen MR) is 85.2 cm³/mol. The third-order valence-electron chi connectivity index (χ3n) is 4.87. The minimum atomic E-state index is 0.520. The Balaban J connectivity index is 1.87.